The number of carbonyl (C=O) groups is 1. The standard InChI is InChI=1S/C22H24N6O.ClH/c1-15-10-16(20-19-6-5-9-27(19)26-14-24-20)7-8-17(15)11-23-21(29)18-12-25-28(13-18)22(2,3)4;/h5-10,12-14H,11H2,1-4H3,(H,23,29);1H. The van der Waals surface area contributed by atoms with Gasteiger partial charge in [0.05, 0.1) is 28.5 Å². The number of aromatic nitrogens is 5. The first-order chi connectivity index (χ1) is 13.8. The van der Waals surface area contributed by atoms with Crippen molar-refractivity contribution in [2.75, 3.05) is 0 Å². The molecule has 3 heterocycles. The van der Waals surface area contributed by atoms with E-state index in [9.17, 15) is 4.79 Å². The quantitative estimate of drug-likeness (QED) is 0.537. The minimum Gasteiger partial charge on any atom is -0.348 e. The van der Waals surface area contributed by atoms with Crippen LogP contribution in [0.4, 0.5) is 0 Å². The zero-order valence-electron chi connectivity index (χ0n) is 17.5. The Kier molecular flexibility index (Phi) is 5.94. The highest BCUT2D eigenvalue weighted by molar-refractivity contribution is 5.93. The van der Waals surface area contributed by atoms with E-state index in [1.165, 1.54) is 0 Å². The Morgan fingerprint density at radius 3 is 2.67 bits per heavy atom. The molecule has 0 aliphatic heterocycles. The van der Waals surface area contributed by atoms with Crippen molar-refractivity contribution in [3.63, 3.8) is 0 Å². The Bertz CT molecular complexity index is 1190. The molecule has 156 valence electrons. The second-order valence-corrected chi connectivity index (χ2v) is 8.11. The van der Waals surface area contributed by atoms with E-state index >= 15 is 0 Å². The molecule has 30 heavy (non-hydrogen) atoms. The molecule has 4 aromatic rings. The van der Waals surface area contributed by atoms with Gasteiger partial charge in [-0.05, 0) is 57.0 Å². The van der Waals surface area contributed by atoms with Crippen LogP contribution < -0.4 is 5.32 Å². The number of hydrogen-bond acceptors (Lipinski definition) is 4. The first-order valence-corrected chi connectivity index (χ1v) is 9.54. The summed E-state index contributed by atoms with van der Waals surface area (Å²) in [5, 5.41) is 11.5. The minimum absolute atomic E-state index is 0. The molecule has 0 radical (unpaired) electrons. The van der Waals surface area contributed by atoms with Gasteiger partial charge in [0.1, 0.15) is 6.33 Å². The lowest BCUT2D eigenvalue weighted by atomic mass is 10.0. The molecule has 7 nitrogen and oxygen atoms in total. The van der Waals surface area contributed by atoms with E-state index in [1.807, 2.05) is 62.7 Å². The van der Waals surface area contributed by atoms with Gasteiger partial charge >= 0.3 is 0 Å². The number of carbonyl (C=O) groups excluding carboxylic acids is 1. The SMILES string of the molecule is Cc1cc(-c2ncnn3cccc23)ccc1CNC(=O)c1cnn(C(C)(C)C)c1.Cl. The van der Waals surface area contributed by atoms with Crippen molar-refractivity contribution in [1.29, 1.82) is 0 Å². The number of hydrogen-bond donors (Lipinski definition) is 1. The normalized spacial score (nSPS) is 11.3. The predicted molar refractivity (Wildman–Crippen MR) is 119 cm³/mol. The fourth-order valence-electron chi connectivity index (χ4n) is 3.21. The first kappa shape index (κ1) is 21.5. The number of halogens is 1. The van der Waals surface area contributed by atoms with Crippen LogP contribution in [0.2, 0.25) is 0 Å². The van der Waals surface area contributed by atoms with E-state index in [0.717, 1.165) is 27.9 Å². The van der Waals surface area contributed by atoms with Gasteiger partial charge < -0.3 is 5.32 Å². The highest BCUT2D eigenvalue weighted by Gasteiger charge is 2.17. The van der Waals surface area contributed by atoms with E-state index in [0.29, 0.717) is 12.1 Å². The molecule has 0 aliphatic rings. The highest BCUT2D eigenvalue weighted by atomic mass is 35.5. The van der Waals surface area contributed by atoms with Gasteiger partial charge in [-0.1, -0.05) is 12.1 Å². The summed E-state index contributed by atoms with van der Waals surface area (Å²) in [4.78, 5) is 16.9. The number of nitrogens with zero attached hydrogens (tertiary/aromatic N) is 5. The molecule has 0 unspecified atom stereocenters. The maximum absolute atomic E-state index is 12.5. The van der Waals surface area contributed by atoms with E-state index in [1.54, 1.807) is 23.4 Å². The highest BCUT2D eigenvalue weighted by Crippen LogP contribution is 2.24. The lowest BCUT2D eigenvalue weighted by Crippen LogP contribution is -2.24. The van der Waals surface area contributed by atoms with Gasteiger partial charge in [-0.2, -0.15) is 10.2 Å². The van der Waals surface area contributed by atoms with Gasteiger partial charge in [0, 0.05) is 24.5 Å². The molecular formula is C22H25ClN6O. The van der Waals surface area contributed by atoms with E-state index in [4.69, 9.17) is 0 Å². The summed E-state index contributed by atoms with van der Waals surface area (Å²) in [5.41, 5.74) is 5.43. The average molecular weight is 425 g/mol. The van der Waals surface area contributed by atoms with E-state index in [2.05, 4.69) is 26.6 Å². The zero-order valence-corrected chi connectivity index (χ0v) is 18.3. The Morgan fingerprint density at radius 1 is 1.17 bits per heavy atom. The van der Waals surface area contributed by atoms with Crippen LogP contribution in [-0.2, 0) is 12.1 Å². The summed E-state index contributed by atoms with van der Waals surface area (Å²) in [6.07, 6.45) is 6.85. The third-order valence-corrected chi connectivity index (χ3v) is 4.92. The van der Waals surface area contributed by atoms with Crippen LogP contribution in [-0.4, -0.2) is 30.3 Å². The molecule has 0 saturated carbocycles. The molecule has 3 aromatic heterocycles. The van der Waals surface area contributed by atoms with Crippen LogP contribution in [0.5, 0.6) is 0 Å². The van der Waals surface area contributed by atoms with Crippen molar-refractivity contribution in [3.05, 3.63) is 71.9 Å². The number of rotatable bonds is 4. The second-order valence-electron chi connectivity index (χ2n) is 8.11. The number of benzene rings is 1. The Hall–Kier alpha value is -3.19. The van der Waals surface area contributed by atoms with Gasteiger partial charge in [0.2, 0.25) is 0 Å². The van der Waals surface area contributed by atoms with Crippen molar-refractivity contribution < 1.29 is 4.79 Å². The molecule has 4 rings (SSSR count). The summed E-state index contributed by atoms with van der Waals surface area (Å²) in [5.74, 6) is -0.130. The summed E-state index contributed by atoms with van der Waals surface area (Å²) in [6, 6.07) is 10.1. The number of amides is 1. The van der Waals surface area contributed by atoms with Crippen LogP contribution in [0.3, 0.4) is 0 Å². The number of nitrogens with one attached hydrogen (secondary N) is 1. The topological polar surface area (TPSA) is 77.1 Å². The molecule has 1 amide bonds. The van der Waals surface area contributed by atoms with Crippen LogP contribution in [0.25, 0.3) is 16.8 Å². The van der Waals surface area contributed by atoms with Crippen LogP contribution in [0, 0.1) is 6.92 Å². The number of fused-ring (bicyclic) bond motifs is 1. The maximum atomic E-state index is 12.5. The monoisotopic (exact) mass is 424 g/mol. The van der Waals surface area contributed by atoms with Gasteiger partial charge in [-0.3, -0.25) is 9.48 Å². The van der Waals surface area contributed by atoms with Crippen molar-refractivity contribution in [2.24, 2.45) is 0 Å². The molecule has 0 aliphatic carbocycles. The molecule has 8 heteroatoms. The van der Waals surface area contributed by atoms with Crippen LogP contribution in [0.1, 0.15) is 42.3 Å². The third kappa shape index (κ3) is 4.21. The molecule has 1 aromatic carbocycles. The molecule has 0 saturated heterocycles. The molecule has 0 spiro atoms. The second kappa shape index (κ2) is 8.28. The number of aryl methyl sites for hydroxylation is 1. The Balaban J connectivity index is 0.00000256. The smallest absolute Gasteiger partial charge is 0.254 e. The molecule has 0 bridgehead atoms. The summed E-state index contributed by atoms with van der Waals surface area (Å²) in [6.45, 7) is 8.64. The predicted octanol–water partition coefficient (Wildman–Crippen LogP) is 4.01. The average Bonchev–Trinajstić information content (AvgIpc) is 3.35. The largest absolute Gasteiger partial charge is 0.348 e. The van der Waals surface area contributed by atoms with Gasteiger partial charge in [0.15, 0.2) is 0 Å². The van der Waals surface area contributed by atoms with Crippen molar-refractivity contribution in [3.8, 4) is 11.3 Å². The van der Waals surface area contributed by atoms with Crippen molar-refractivity contribution in [2.45, 2.75) is 39.8 Å². The van der Waals surface area contributed by atoms with Crippen molar-refractivity contribution in [1.82, 2.24) is 29.7 Å². The van der Waals surface area contributed by atoms with Gasteiger partial charge in [-0.15, -0.1) is 12.4 Å². The van der Waals surface area contributed by atoms with Crippen molar-refractivity contribution >= 4 is 23.8 Å². The summed E-state index contributed by atoms with van der Waals surface area (Å²) < 4.78 is 3.61. The fraction of sp³-hybridized carbons (Fsp3) is 0.273. The fourth-order valence-corrected chi connectivity index (χ4v) is 3.21. The van der Waals surface area contributed by atoms with Crippen LogP contribution >= 0.6 is 12.4 Å². The van der Waals surface area contributed by atoms with E-state index < -0.39 is 0 Å². The summed E-state index contributed by atoms with van der Waals surface area (Å²) in [7, 11) is 0. The van der Waals surface area contributed by atoms with Gasteiger partial charge in [-0.25, -0.2) is 9.50 Å². The minimum atomic E-state index is -0.155. The maximum Gasteiger partial charge on any atom is 0.254 e. The summed E-state index contributed by atoms with van der Waals surface area (Å²) >= 11 is 0. The first-order valence-electron chi connectivity index (χ1n) is 9.54. The Labute approximate surface area is 181 Å². The molecule has 0 atom stereocenters. The lowest BCUT2D eigenvalue weighted by molar-refractivity contribution is 0.0950. The Morgan fingerprint density at radius 2 is 1.97 bits per heavy atom. The lowest BCUT2D eigenvalue weighted by Gasteiger charge is -2.18. The van der Waals surface area contributed by atoms with Gasteiger partial charge in [0.25, 0.3) is 5.91 Å². The van der Waals surface area contributed by atoms with Crippen LogP contribution in [0.15, 0.2) is 55.2 Å². The van der Waals surface area contributed by atoms with E-state index in [-0.39, 0.29) is 23.9 Å². The molecular weight excluding hydrogens is 400 g/mol. The molecule has 1 N–H and O–H groups in total. The third-order valence-electron chi connectivity index (χ3n) is 4.92. The molecule has 0 fully saturated rings. The zero-order chi connectivity index (χ0) is 20.6.